The maximum Gasteiger partial charge on any atom is 0.320 e. The van der Waals surface area contributed by atoms with Crippen LogP contribution in [0, 0.1) is 5.92 Å². The summed E-state index contributed by atoms with van der Waals surface area (Å²) in [7, 11) is 0. The zero-order chi connectivity index (χ0) is 13.5. The topological polar surface area (TPSA) is 89.9 Å². The van der Waals surface area contributed by atoms with Gasteiger partial charge in [0.2, 0.25) is 0 Å². The number of carboxylic acids is 2. The van der Waals surface area contributed by atoms with Crippen molar-refractivity contribution in [1.82, 2.24) is 10.2 Å². The van der Waals surface area contributed by atoms with E-state index in [9.17, 15) is 9.59 Å². The van der Waals surface area contributed by atoms with Gasteiger partial charge in [-0.1, -0.05) is 6.92 Å². The van der Waals surface area contributed by atoms with E-state index in [1.165, 1.54) is 0 Å². The van der Waals surface area contributed by atoms with Crippen molar-refractivity contribution in [2.24, 2.45) is 5.92 Å². The molecular weight excluding hydrogens is 236 g/mol. The number of nitrogens with one attached hydrogen (secondary N) is 1. The third-order valence-electron chi connectivity index (χ3n) is 3.37. The first-order valence-corrected chi connectivity index (χ1v) is 6.44. The van der Waals surface area contributed by atoms with Crippen molar-refractivity contribution in [1.29, 1.82) is 0 Å². The Hall–Kier alpha value is -1.14. The molecule has 6 heteroatoms. The number of rotatable bonds is 7. The fourth-order valence-electron chi connectivity index (χ4n) is 2.52. The highest BCUT2D eigenvalue weighted by Crippen LogP contribution is 2.19. The second kappa shape index (κ2) is 7.33. The summed E-state index contributed by atoms with van der Waals surface area (Å²) in [4.78, 5) is 23.5. The minimum Gasteiger partial charge on any atom is -0.480 e. The van der Waals surface area contributed by atoms with Gasteiger partial charge in [-0.15, -0.1) is 0 Å². The summed E-state index contributed by atoms with van der Waals surface area (Å²) in [6.45, 7) is 4.04. The average molecular weight is 258 g/mol. The Kier molecular flexibility index (Phi) is 6.07. The van der Waals surface area contributed by atoms with E-state index in [2.05, 4.69) is 5.32 Å². The Morgan fingerprint density at radius 3 is 2.72 bits per heavy atom. The van der Waals surface area contributed by atoms with Gasteiger partial charge >= 0.3 is 11.9 Å². The van der Waals surface area contributed by atoms with Crippen LogP contribution in [0.4, 0.5) is 0 Å². The van der Waals surface area contributed by atoms with Crippen LogP contribution in [0.15, 0.2) is 0 Å². The smallest absolute Gasteiger partial charge is 0.320 e. The van der Waals surface area contributed by atoms with Crippen LogP contribution in [0.3, 0.4) is 0 Å². The Labute approximate surface area is 107 Å². The van der Waals surface area contributed by atoms with Gasteiger partial charge in [-0.3, -0.25) is 14.5 Å². The summed E-state index contributed by atoms with van der Waals surface area (Å²) < 4.78 is 0. The fourth-order valence-corrected chi connectivity index (χ4v) is 2.52. The molecule has 1 aliphatic heterocycles. The van der Waals surface area contributed by atoms with Gasteiger partial charge in [-0.05, 0) is 38.3 Å². The number of likely N-dealkylation sites (tertiary alicyclic amines) is 1. The van der Waals surface area contributed by atoms with E-state index in [-0.39, 0.29) is 6.54 Å². The molecule has 104 valence electrons. The molecule has 0 saturated carbocycles. The van der Waals surface area contributed by atoms with Gasteiger partial charge in [-0.25, -0.2) is 0 Å². The van der Waals surface area contributed by atoms with Gasteiger partial charge in [0.15, 0.2) is 0 Å². The number of carbonyl (C=O) groups is 2. The molecule has 1 aliphatic rings. The molecule has 18 heavy (non-hydrogen) atoms. The summed E-state index contributed by atoms with van der Waals surface area (Å²) in [5.41, 5.74) is 0. The highest BCUT2D eigenvalue weighted by molar-refractivity contribution is 5.73. The van der Waals surface area contributed by atoms with Gasteiger partial charge in [0.05, 0.1) is 6.54 Å². The molecule has 0 aromatic rings. The van der Waals surface area contributed by atoms with Crippen molar-refractivity contribution < 1.29 is 19.8 Å². The van der Waals surface area contributed by atoms with Gasteiger partial charge in [0.25, 0.3) is 0 Å². The Morgan fingerprint density at radius 1 is 1.44 bits per heavy atom. The molecule has 0 radical (unpaired) electrons. The van der Waals surface area contributed by atoms with E-state index in [0.717, 1.165) is 25.9 Å². The van der Waals surface area contributed by atoms with E-state index < -0.39 is 18.0 Å². The Morgan fingerprint density at radius 2 is 2.17 bits per heavy atom. The summed E-state index contributed by atoms with van der Waals surface area (Å²) in [6, 6.07) is -0.410. The van der Waals surface area contributed by atoms with Crippen molar-refractivity contribution in [3.8, 4) is 0 Å². The lowest BCUT2D eigenvalue weighted by molar-refractivity contribution is -0.144. The van der Waals surface area contributed by atoms with Crippen molar-refractivity contribution in [2.45, 2.75) is 32.2 Å². The van der Waals surface area contributed by atoms with Crippen LogP contribution in [0.2, 0.25) is 0 Å². The molecule has 0 aliphatic carbocycles. The monoisotopic (exact) mass is 258 g/mol. The lowest BCUT2D eigenvalue weighted by atomic mass is 9.96. The van der Waals surface area contributed by atoms with Gasteiger partial charge in [-0.2, -0.15) is 0 Å². The van der Waals surface area contributed by atoms with Crippen LogP contribution in [-0.4, -0.2) is 59.3 Å². The predicted molar refractivity (Wildman–Crippen MR) is 66.5 cm³/mol. The number of aliphatic carboxylic acids is 2. The fraction of sp³-hybridized carbons (Fsp3) is 0.833. The number of piperidine rings is 1. The minimum atomic E-state index is -0.861. The molecule has 0 aromatic carbocycles. The molecule has 1 saturated heterocycles. The lowest BCUT2D eigenvalue weighted by Crippen LogP contribution is -2.48. The molecule has 1 heterocycles. The van der Waals surface area contributed by atoms with E-state index in [1.807, 2.05) is 11.8 Å². The number of nitrogens with zero attached hydrogens (tertiary/aromatic N) is 1. The standard InChI is InChI=1S/C12H22N2O4/c1-2-10(12(17)18)14-5-3-4-9(8-14)6-13-7-11(15)16/h9-10,13H,2-8H2,1H3,(H,15,16)(H,17,18). The molecular formula is C12H22N2O4. The van der Waals surface area contributed by atoms with Crippen molar-refractivity contribution >= 4 is 11.9 Å². The largest absolute Gasteiger partial charge is 0.480 e. The second-order valence-electron chi connectivity index (χ2n) is 4.79. The van der Waals surface area contributed by atoms with Crippen LogP contribution in [0.5, 0.6) is 0 Å². The molecule has 2 unspecified atom stereocenters. The van der Waals surface area contributed by atoms with Crippen molar-refractivity contribution in [3.05, 3.63) is 0 Å². The predicted octanol–water partition coefficient (Wildman–Crippen LogP) is 0.236. The summed E-state index contributed by atoms with van der Waals surface area (Å²) >= 11 is 0. The molecule has 0 amide bonds. The van der Waals surface area contributed by atoms with Gasteiger partial charge in [0.1, 0.15) is 6.04 Å². The number of carboxylic acid groups (broad SMARTS) is 2. The van der Waals surface area contributed by atoms with Crippen LogP contribution in [0.1, 0.15) is 26.2 Å². The third-order valence-corrected chi connectivity index (χ3v) is 3.37. The van der Waals surface area contributed by atoms with Crippen LogP contribution >= 0.6 is 0 Å². The van der Waals surface area contributed by atoms with E-state index in [4.69, 9.17) is 10.2 Å². The molecule has 2 atom stereocenters. The molecule has 3 N–H and O–H groups in total. The summed E-state index contributed by atoms with van der Waals surface area (Å²) in [5.74, 6) is -1.29. The van der Waals surface area contributed by atoms with Gasteiger partial charge < -0.3 is 15.5 Å². The van der Waals surface area contributed by atoms with Crippen LogP contribution in [-0.2, 0) is 9.59 Å². The van der Waals surface area contributed by atoms with Crippen LogP contribution < -0.4 is 5.32 Å². The summed E-state index contributed by atoms with van der Waals surface area (Å²) in [5, 5.41) is 20.6. The normalized spacial score (nSPS) is 22.6. The Bertz CT molecular complexity index is 296. The molecule has 1 rings (SSSR count). The maximum absolute atomic E-state index is 11.1. The van der Waals surface area contributed by atoms with E-state index in [1.54, 1.807) is 0 Å². The number of hydrogen-bond donors (Lipinski definition) is 3. The Balaban J connectivity index is 2.40. The molecule has 0 aromatic heterocycles. The zero-order valence-electron chi connectivity index (χ0n) is 10.8. The van der Waals surface area contributed by atoms with E-state index >= 15 is 0 Å². The molecule has 0 bridgehead atoms. The molecule has 6 nitrogen and oxygen atoms in total. The second-order valence-corrected chi connectivity index (χ2v) is 4.79. The minimum absolute atomic E-state index is 0.0351. The molecule has 0 spiro atoms. The first-order valence-electron chi connectivity index (χ1n) is 6.44. The first-order chi connectivity index (χ1) is 8.54. The van der Waals surface area contributed by atoms with Crippen molar-refractivity contribution in [3.63, 3.8) is 0 Å². The van der Waals surface area contributed by atoms with Crippen molar-refractivity contribution in [2.75, 3.05) is 26.2 Å². The number of hydrogen-bond acceptors (Lipinski definition) is 4. The third kappa shape index (κ3) is 4.62. The zero-order valence-corrected chi connectivity index (χ0v) is 10.8. The van der Waals surface area contributed by atoms with Gasteiger partial charge in [0, 0.05) is 6.54 Å². The first kappa shape index (κ1) is 14.9. The summed E-state index contributed by atoms with van der Waals surface area (Å²) in [6.07, 6.45) is 2.60. The average Bonchev–Trinajstić information content (AvgIpc) is 2.29. The molecule has 1 fully saturated rings. The lowest BCUT2D eigenvalue weighted by Gasteiger charge is -2.36. The maximum atomic E-state index is 11.1. The highest BCUT2D eigenvalue weighted by atomic mass is 16.4. The van der Waals surface area contributed by atoms with E-state index in [0.29, 0.717) is 18.9 Å². The highest BCUT2D eigenvalue weighted by Gasteiger charge is 2.28. The van der Waals surface area contributed by atoms with Crippen LogP contribution in [0.25, 0.3) is 0 Å². The quantitative estimate of drug-likeness (QED) is 0.606. The SMILES string of the molecule is CCC(C(=O)O)N1CCCC(CNCC(=O)O)C1.